The van der Waals surface area contributed by atoms with Gasteiger partial charge >= 0.3 is 0 Å². The van der Waals surface area contributed by atoms with Crippen LogP contribution in [0.15, 0.2) is 65.6 Å². The van der Waals surface area contributed by atoms with Crippen molar-refractivity contribution in [3.8, 4) is 34.5 Å². The number of ether oxygens (including phenoxy) is 8. The summed E-state index contributed by atoms with van der Waals surface area (Å²) in [7, 11) is 6.34. The molecular weight excluding hydrogens is 1430 g/mol. The molecule has 7 aliphatic rings. The molecule has 110 heavy (non-hydrogen) atoms. The number of piperidine rings is 3. The second-order valence-electron chi connectivity index (χ2n) is 31.8. The standard InChI is InChI=1S/C37H66N2O3.C31H43NO7S.C19H28FNO3.C2H5ClO/c1-4-5-6-7-8-9-10-11-12-13-14-15-16-17-18-20-24-38-25-21-19-22-32-30-39-26-23-31-27-36(41-2)37(42-3)28-33(31)34(39)29-35(32)40;1-22-10-12-25(13-11-22)40(33,34)38-17-7-4-8-24-21-32-15-14-23-18-29(35-2)30(36-3)19-26(23)27(32)20-28(24)39-31-9-5-6-16-37-31;1-23-18-9-13-6-8-21-12-14(5-3-4-7-20)17(22)11-16(21)15(13)10-19(18)24-2;1-2-4-3/h27-28,32,34-35,38,40H,4-26,29-30H2,1-3H3;10-13,18-19,24,27-28,31H,4-9,14-17,20-21H2,1-3H3;9-10,14,16-17,22H,3-8,11-12H2,1-2H3;2H2,1H3/t32-,34-,35-;24-,27-,28-,31?;14-,16-,17-;/m111./s1/i;;20-1;. The minimum absolute atomic E-state index is 0.0700. The lowest BCUT2D eigenvalue weighted by Gasteiger charge is -2.48. The van der Waals surface area contributed by atoms with Crippen molar-refractivity contribution >= 4 is 22.0 Å². The molecule has 7 aliphatic heterocycles. The van der Waals surface area contributed by atoms with Crippen LogP contribution in [-0.4, -0.2) is 179 Å². The lowest BCUT2D eigenvalue weighted by atomic mass is 9.80. The van der Waals surface area contributed by atoms with Gasteiger partial charge in [-0.3, -0.25) is 27.6 Å². The summed E-state index contributed by atoms with van der Waals surface area (Å²) in [6.07, 6.45) is 39.2. The first-order chi connectivity index (χ1) is 53.6. The van der Waals surface area contributed by atoms with E-state index in [1.807, 2.05) is 13.8 Å². The SMILES string of the molecule is CCCCCCCCCCCCCCCCCCNCCCC[C@@H]1CN2CCc3cc(OC)c(OC)cc3[C@H]2C[C@H]1O.CCOCl.COc1cc2c(cc1OC)[C@H]1C[C@@H](O)[C@H](CCCC[18F])CN1CC2.COc1cc2c(cc1OC)[C@H]1C[C@@H](OC3CCCCO3)[C@H](CCCCOS(=O)(=O)c3ccc(C)cc3)CN1CC2. The number of aliphatic hydroxyl groups is 2. The first kappa shape index (κ1) is 91.0. The van der Waals surface area contributed by atoms with E-state index >= 15 is 0 Å². The number of aryl methyl sites for hydroxylation is 1. The number of nitrogens with one attached hydrogen (secondary N) is 1. The number of aliphatic hydroxyl groups excluding tert-OH is 2. The fourth-order valence-electron chi connectivity index (χ4n) is 17.8. The molecule has 7 heterocycles. The van der Waals surface area contributed by atoms with Crippen LogP contribution in [0.5, 0.6) is 34.5 Å². The van der Waals surface area contributed by atoms with Crippen molar-refractivity contribution in [3.05, 3.63) is 99.6 Å². The van der Waals surface area contributed by atoms with Gasteiger partial charge in [0.15, 0.2) is 40.8 Å². The molecular formula is C89H142ClFN4O14S. The van der Waals surface area contributed by atoms with E-state index < -0.39 is 10.1 Å². The van der Waals surface area contributed by atoms with Crippen molar-refractivity contribution in [2.45, 2.75) is 287 Å². The van der Waals surface area contributed by atoms with Crippen molar-refractivity contribution in [2.75, 3.05) is 122 Å². The van der Waals surface area contributed by atoms with Gasteiger partial charge in [-0.1, -0.05) is 140 Å². The Bertz CT molecular complexity index is 3330. The van der Waals surface area contributed by atoms with E-state index in [-0.39, 0.29) is 60.8 Å². The molecule has 4 fully saturated rings. The van der Waals surface area contributed by atoms with Crippen molar-refractivity contribution in [1.29, 1.82) is 0 Å². The molecule has 622 valence electrons. The monoisotopic (exact) mass is 1580 g/mol. The Morgan fingerprint density at radius 1 is 0.509 bits per heavy atom. The summed E-state index contributed by atoms with van der Waals surface area (Å²) in [4.78, 5) is 7.86. The summed E-state index contributed by atoms with van der Waals surface area (Å²) in [5.41, 5.74) is 8.83. The number of rotatable bonds is 42. The van der Waals surface area contributed by atoms with Gasteiger partial charge in [0.1, 0.15) is 0 Å². The average molecular weight is 1580 g/mol. The maximum absolute atomic E-state index is 12.5. The maximum Gasteiger partial charge on any atom is 0.296 e. The Balaban J connectivity index is 0.000000209. The third kappa shape index (κ3) is 28.1. The Morgan fingerprint density at radius 2 is 0.900 bits per heavy atom. The lowest BCUT2D eigenvalue weighted by Crippen LogP contribution is -2.49. The largest absolute Gasteiger partial charge is 0.493 e. The van der Waals surface area contributed by atoms with Crippen LogP contribution in [0.25, 0.3) is 0 Å². The molecule has 11 rings (SSSR count). The smallest absolute Gasteiger partial charge is 0.296 e. The molecule has 0 amide bonds. The Labute approximate surface area is 667 Å². The van der Waals surface area contributed by atoms with E-state index in [0.29, 0.717) is 37.3 Å². The number of alkyl halides is 1. The van der Waals surface area contributed by atoms with Gasteiger partial charge in [0.2, 0.25) is 0 Å². The van der Waals surface area contributed by atoms with Gasteiger partial charge < -0.3 is 53.4 Å². The molecule has 10 atom stereocenters. The number of unbranched alkanes of at least 4 members (excludes halogenated alkanes) is 18. The highest BCUT2D eigenvalue weighted by molar-refractivity contribution is 7.86. The second kappa shape index (κ2) is 50.0. The fraction of sp³-hybridized carbons (Fsp3) is 0.730. The number of hydrogen-bond acceptors (Lipinski definition) is 18. The first-order valence-corrected chi connectivity index (χ1v) is 44.4. The average Bonchev–Trinajstić information content (AvgIpc) is 0.775. The second-order valence-corrected chi connectivity index (χ2v) is 33.6. The molecule has 0 spiro atoms. The van der Waals surface area contributed by atoms with E-state index in [9.17, 15) is 23.0 Å². The van der Waals surface area contributed by atoms with Crippen LogP contribution in [0.2, 0.25) is 0 Å². The molecule has 0 bridgehead atoms. The molecule has 4 aromatic carbocycles. The zero-order valence-corrected chi connectivity index (χ0v) is 70.4. The minimum atomic E-state index is -3.74. The summed E-state index contributed by atoms with van der Waals surface area (Å²) in [6.45, 7) is 15.5. The Hall–Kier alpha value is -4.55. The highest BCUT2D eigenvalue weighted by atomic mass is 35.5. The van der Waals surface area contributed by atoms with E-state index in [1.54, 1.807) is 66.9 Å². The Kier molecular flexibility index (Phi) is 41.4. The highest BCUT2D eigenvalue weighted by Gasteiger charge is 2.43. The van der Waals surface area contributed by atoms with Gasteiger partial charge in [-0.15, -0.1) is 0 Å². The zero-order chi connectivity index (χ0) is 78.5. The zero-order valence-electron chi connectivity index (χ0n) is 68.9. The summed E-state index contributed by atoms with van der Waals surface area (Å²) in [5, 5.41) is 25.3. The van der Waals surface area contributed by atoms with Crippen molar-refractivity contribution in [1.82, 2.24) is 20.0 Å². The third-order valence-electron chi connectivity index (χ3n) is 24.2. The van der Waals surface area contributed by atoms with Crippen LogP contribution < -0.4 is 33.7 Å². The van der Waals surface area contributed by atoms with Gasteiger partial charge in [0, 0.05) is 64.0 Å². The van der Waals surface area contributed by atoms with Crippen LogP contribution in [0.1, 0.15) is 270 Å². The topological polar surface area (TPSA) is 189 Å². The van der Waals surface area contributed by atoms with Gasteiger partial charge in [-0.2, -0.15) is 8.42 Å². The first-order valence-electron chi connectivity index (χ1n) is 42.7. The minimum Gasteiger partial charge on any atom is -0.493 e. The third-order valence-corrected chi connectivity index (χ3v) is 25.7. The van der Waals surface area contributed by atoms with Crippen molar-refractivity contribution in [3.63, 3.8) is 0 Å². The summed E-state index contributed by atoms with van der Waals surface area (Å²) in [6, 6.07) is 20.3. The van der Waals surface area contributed by atoms with E-state index in [1.165, 1.54) is 149 Å². The van der Waals surface area contributed by atoms with Crippen LogP contribution >= 0.6 is 11.9 Å². The van der Waals surface area contributed by atoms with Gasteiger partial charge in [-0.25, -0.2) is 0 Å². The van der Waals surface area contributed by atoms with E-state index in [4.69, 9.17) is 42.1 Å². The number of hydrogen-bond donors (Lipinski definition) is 3. The predicted molar refractivity (Wildman–Crippen MR) is 439 cm³/mol. The highest BCUT2D eigenvalue weighted by Crippen LogP contribution is 2.48. The van der Waals surface area contributed by atoms with Crippen molar-refractivity contribution in [2.24, 2.45) is 17.8 Å². The van der Waals surface area contributed by atoms with E-state index in [0.717, 1.165) is 189 Å². The summed E-state index contributed by atoms with van der Waals surface area (Å²) >= 11 is 4.69. The number of benzene rings is 4. The lowest BCUT2D eigenvalue weighted by molar-refractivity contribution is -0.212. The fourth-order valence-corrected chi connectivity index (χ4v) is 18.7. The molecule has 0 aliphatic carbocycles. The predicted octanol–water partition coefficient (Wildman–Crippen LogP) is 18.7. The molecule has 18 nitrogen and oxygen atoms in total. The molecule has 1 unspecified atom stereocenters. The van der Waals surface area contributed by atoms with E-state index in [2.05, 4.69) is 79.5 Å². The summed E-state index contributed by atoms with van der Waals surface area (Å²) in [5.74, 6) is 5.65. The molecule has 3 N–H and O–H groups in total. The van der Waals surface area contributed by atoms with Gasteiger partial charge in [0.25, 0.3) is 10.1 Å². The number of nitrogens with zero attached hydrogens (tertiary/aromatic N) is 3. The molecule has 0 saturated carbocycles. The molecule has 0 radical (unpaired) electrons. The normalized spacial score (nSPS) is 23.0. The number of methoxy groups -OCH3 is 6. The van der Waals surface area contributed by atoms with Crippen molar-refractivity contribution < 1.29 is 69.4 Å². The maximum atomic E-state index is 12.5. The van der Waals surface area contributed by atoms with Crippen LogP contribution in [0.3, 0.4) is 0 Å². The van der Waals surface area contributed by atoms with Crippen LogP contribution in [0, 0.1) is 24.7 Å². The molecule has 21 heteroatoms. The summed E-state index contributed by atoms with van der Waals surface area (Å²) < 4.78 is 92.6. The van der Waals surface area contributed by atoms with Crippen LogP contribution in [0.4, 0.5) is 4.39 Å². The number of halogens is 2. The Morgan fingerprint density at radius 3 is 1.32 bits per heavy atom. The van der Waals surface area contributed by atoms with Gasteiger partial charge in [-0.05, 0) is 229 Å². The molecule has 4 saturated heterocycles. The molecule has 0 aromatic heterocycles. The molecule has 4 aromatic rings. The number of fused-ring (bicyclic) bond motifs is 9. The van der Waals surface area contributed by atoms with Crippen LogP contribution in [-0.2, 0) is 47.3 Å². The van der Waals surface area contributed by atoms with Gasteiger partial charge in [0.05, 0.1) is 97.6 Å². The quantitative estimate of drug-likeness (QED) is 0.0280.